The third kappa shape index (κ3) is 19.9. The molecule has 0 aliphatic carbocycles. The Labute approximate surface area is 484 Å². The Balaban J connectivity index is 11.6. The molecule has 0 aliphatic heterocycles. The normalized spacial score (nSPS) is 9.80. The molecule has 0 amide bonds. The predicted octanol–water partition coefficient (Wildman–Crippen LogP) is -26.3. The fourth-order valence-electron chi connectivity index (χ4n) is 12.1. The molecule has 0 aliphatic rings. The summed E-state index contributed by atoms with van der Waals surface area (Å²) >= 11 is 0. The van der Waals surface area contributed by atoms with Crippen LogP contribution in [0.5, 0.6) is 0 Å². The maximum absolute atomic E-state index is 6.82. The van der Waals surface area contributed by atoms with Gasteiger partial charge < -0.3 is 37.3 Å². The first-order valence-electron chi connectivity index (χ1n) is 22.7. The fourth-order valence-corrected chi connectivity index (χ4v) is 12.1. The highest BCUT2D eigenvalue weighted by molar-refractivity contribution is 8.39. The summed E-state index contributed by atoms with van der Waals surface area (Å²) in [6.07, 6.45) is -50.2. The molecule has 0 nitrogen and oxygen atoms in total. The minimum absolute atomic E-state index is 1.13. The van der Waals surface area contributed by atoms with Crippen molar-refractivity contribution >= 4 is 489 Å². The Hall–Kier alpha value is 4.48. The van der Waals surface area contributed by atoms with Gasteiger partial charge in [-0.1, -0.05) is 0 Å². The number of rotatable bonds is 33. The molecular weight excluding hydrogens is 746 g/mol. The number of hydrogen-bond donors (Lipinski definition) is 0. The summed E-state index contributed by atoms with van der Waals surface area (Å²) in [7, 11) is 236. The van der Waals surface area contributed by atoms with Crippen LogP contribution in [-0.4, -0.2) is 489 Å². The Bertz CT molecular complexity index is 1130. The van der Waals surface area contributed by atoms with E-state index < -0.39 is 211 Å². The lowest BCUT2D eigenvalue weighted by atomic mass is 8.21. The van der Waals surface area contributed by atoms with Gasteiger partial charge in [-0.15, -0.1) is 6.39 Å². The molecular formula is B69-4. The second-order valence-corrected chi connectivity index (χ2v) is 19.2. The molecule has 0 saturated heterocycles. The van der Waals surface area contributed by atoms with Gasteiger partial charge in [0, 0.05) is 0 Å². The van der Waals surface area contributed by atoms with E-state index in [1.807, 2.05) is 0 Å². The van der Waals surface area contributed by atoms with Crippen molar-refractivity contribution in [3.63, 3.8) is 0 Å². The summed E-state index contributed by atoms with van der Waals surface area (Å²) in [5.74, 6) is 0. The van der Waals surface area contributed by atoms with Gasteiger partial charge in [-0.25, -0.2) is 6.39 Å². The van der Waals surface area contributed by atoms with Crippen molar-refractivity contribution < 1.29 is 0 Å². The highest BCUT2D eigenvalue weighted by atomic mass is 13.5. The molecule has 75 radical (unpaired) electrons. The molecule has 0 saturated carbocycles. The van der Waals surface area contributed by atoms with Gasteiger partial charge >= 0.3 is 0 Å². The third-order valence-corrected chi connectivity index (χ3v) is 14.4. The van der Waals surface area contributed by atoms with Crippen molar-refractivity contribution in [2.75, 3.05) is 0 Å². The molecule has 0 heterocycles. The van der Waals surface area contributed by atoms with E-state index in [2.05, 4.69) is 0 Å². The maximum Gasteiger partial charge on any atom is -0.000000000000000000119 e. The fraction of sp³-hybridized carbons (Fsp3) is 0. The average molecular weight is 746 g/mol. The van der Waals surface area contributed by atoms with Gasteiger partial charge in [0.15, 0.2) is 0 Å². The van der Waals surface area contributed by atoms with Gasteiger partial charge in [0.1, 0.15) is 0 Å². The topological polar surface area (TPSA) is 0 Å². The van der Waals surface area contributed by atoms with Gasteiger partial charge in [0.25, 0.3) is 0 Å². The molecule has 0 rings (SSSR count). The minimum atomic E-state index is -1.68. The largest absolute Gasteiger partial charge is 0.729 e. The summed E-state index contributed by atoms with van der Waals surface area (Å²) in [6.45, 7) is 0. The quantitative estimate of drug-likeness (QED) is 0.0587. The van der Waals surface area contributed by atoms with E-state index in [-0.39, 0.29) is 0 Å². The van der Waals surface area contributed by atoms with Crippen LogP contribution in [0, 0.1) is 0 Å². The van der Waals surface area contributed by atoms with E-state index in [4.69, 9.17) is 271 Å². The van der Waals surface area contributed by atoms with Crippen LogP contribution in [0.3, 0.4) is 0 Å². The summed E-state index contributed by atoms with van der Waals surface area (Å²) in [6, 6.07) is 0. The van der Waals surface area contributed by atoms with Crippen molar-refractivity contribution in [3.05, 3.63) is 0 Å². The molecule has 0 fully saturated rings. The lowest BCUT2D eigenvalue weighted by Crippen LogP contribution is -2.98. The highest BCUT2D eigenvalue weighted by Gasteiger charge is 2.63. The maximum atomic E-state index is 6.82. The van der Waals surface area contributed by atoms with Crippen LogP contribution in [0.2, 0.25) is 0 Å². The molecule has 0 bridgehead atoms. The summed E-state index contributed by atoms with van der Waals surface area (Å²) in [5, 5.41) is 0. The van der Waals surface area contributed by atoms with E-state index in [0.717, 1.165) is 7.06 Å². The van der Waals surface area contributed by atoms with E-state index in [1.54, 1.807) is 0 Å². The Kier molecular flexibility index (Phi) is 36.1. The van der Waals surface area contributed by atoms with Crippen LogP contribution < -0.4 is 0 Å². The van der Waals surface area contributed by atoms with Crippen LogP contribution in [0.1, 0.15) is 0 Å². The lowest BCUT2D eigenvalue weighted by molar-refractivity contribution is 3.15. The van der Waals surface area contributed by atoms with Crippen LogP contribution in [-0.2, 0) is 0 Å². The van der Waals surface area contributed by atoms with Crippen LogP contribution in [0.4, 0.5) is 0 Å². The zero-order valence-electron chi connectivity index (χ0n) is 39.8. The molecule has 211 valence electrons. The van der Waals surface area contributed by atoms with Crippen LogP contribution >= 0.6 is 0 Å². The molecule has 0 atom stereocenters. The second-order valence-electron chi connectivity index (χ2n) is 19.2. The lowest BCUT2D eigenvalue weighted by Gasteiger charge is -2.63. The third-order valence-electron chi connectivity index (χ3n) is 14.4. The van der Waals surface area contributed by atoms with Crippen molar-refractivity contribution in [1.29, 1.82) is 0 Å². The molecule has 69 heavy (non-hydrogen) atoms. The highest BCUT2D eigenvalue weighted by Crippen LogP contribution is 2.26. The minimum Gasteiger partial charge on any atom is -0.729 e. The standard InChI is InChI=1S/B69/c1-36-54(37(2)3)63(55(38(4)5)39(6)7)67(62(52(32)33)53(34)35)69(66(60(48(24)25)49(26)27)61(50(28)29)51(30)31)68(64(56(40(8)9)41(10)11)57(42(12)13)43(14)15)65(58(44(16)17)45(18)19)59(46(20)21)47(22)23/q-4. The van der Waals surface area contributed by atoms with Gasteiger partial charge in [0.05, 0.1) is 0 Å². The molecule has 0 unspecified atom stereocenters. The Morgan fingerprint density at radius 2 is 0.319 bits per heavy atom. The van der Waals surface area contributed by atoms with Crippen LogP contribution in [0.25, 0.3) is 0 Å². The van der Waals surface area contributed by atoms with Gasteiger partial charge in [-0.2, -0.15) is 0 Å². The average Bonchev–Trinajstić information content (AvgIpc) is 3.12. The Morgan fingerprint density at radius 3 is 0.420 bits per heavy atom. The predicted molar refractivity (Wildman–Crippen MR) is 397 cm³/mol. The Morgan fingerprint density at radius 1 is 0.188 bits per heavy atom. The zero-order chi connectivity index (χ0) is 54.8. The molecule has 0 aromatic heterocycles. The van der Waals surface area contributed by atoms with Gasteiger partial charge in [-0.3, -0.25) is 7.06 Å². The molecule has 69 heteroatoms. The first-order valence-corrected chi connectivity index (χ1v) is 22.7. The van der Waals surface area contributed by atoms with Crippen molar-refractivity contribution in [1.82, 2.24) is 0 Å². The van der Waals surface area contributed by atoms with Gasteiger partial charge in [-0.05, 0) is 431 Å². The first-order chi connectivity index (χ1) is 31.4. The molecule has 0 N–H and O–H groups in total. The molecule has 0 aromatic rings. The van der Waals surface area contributed by atoms with E-state index in [9.17, 15) is 0 Å². The summed E-state index contributed by atoms with van der Waals surface area (Å²) in [4.78, 5) is 0. The summed E-state index contributed by atoms with van der Waals surface area (Å²) < 4.78 is 0. The van der Waals surface area contributed by atoms with Gasteiger partial charge in [0.2, 0.25) is 0 Å². The second kappa shape index (κ2) is 33.9. The monoisotopic (exact) mass is 760 g/mol. The smallest absolute Gasteiger partial charge is 0.000000000000000000119 e. The van der Waals surface area contributed by atoms with Crippen molar-refractivity contribution in [3.8, 4) is 0 Å². The SMILES string of the molecule is [B]B([B])B(B([B])[B])B(B(B([B])[B])B([B])[B])B(B(B(B([B])[B])B([B])[B])B(B([B])[B])B([B])[B])B(B(B(B([B])[B])B([B])[B])B(B([B])[B])B([B])[B])B(B(B([B])[B])B([B])[B])B(B([B][B-])B([B-])[B-])B(B([B])[B])B([B])[B-]. The van der Waals surface area contributed by atoms with E-state index >= 15 is 0 Å². The molecule has 0 aromatic carbocycles. The van der Waals surface area contributed by atoms with Crippen LogP contribution in [0.15, 0.2) is 0 Å². The van der Waals surface area contributed by atoms with Crippen molar-refractivity contribution in [2.24, 2.45) is 0 Å². The zero-order valence-corrected chi connectivity index (χ0v) is 39.8. The van der Waals surface area contributed by atoms with Crippen molar-refractivity contribution in [2.45, 2.75) is 0 Å². The van der Waals surface area contributed by atoms with E-state index in [1.165, 1.54) is 0 Å². The van der Waals surface area contributed by atoms with E-state index in [0.29, 0.717) is 0 Å². The first kappa shape index (κ1) is 73.5. The number of hydrogen-bond acceptors (Lipinski definition) is 0. The summed E-state index contributed by atoms with van der Waals surface area (Å²) in [5.41, 5.74) is 0. The molecule has 0 spiro atoms.